The van der Waals surface area contributed by atoms with E-state index in [0.29, 0.717) is 40.3 Å². The number of halogens is 1. The highest BCUT2D eigenvalue weighted by atomic mass is 32.1. The lowest BCUT2D eigenvalue weighted by Crippen LogP contribution is -2.28. The fourth-order valence-corrected chi connectivity index (χ4v) is 6.33. The molecule has 2 heterocycles. The Morgan fingerprint density at radius 3 is 2.68 bits per heavy atom. The van der Waals surface area contributed by atoms with Crippen molar-refractivity contribution in [2.45, 2.75) is 53.2 Å². The van der Waals surface area contributed by atoms with Crippen LogP contribution in [-0.4, -0.2) is 19.2 Å². The van der Waals surface area contributed by atoms with E-state index in [1.54, 1.807) is 43.1 Å². The Bertz CT molecular complexity index is 1520. The van der Waals surface area contributed by atoms with Crippen molar-refractivity contribution in [3.63, 3.8) is 0 Å². The molecule has 0 saturated carbocycles. The number of aliphatic imine (C=N–C) groups is 1. The molecule has 8 heteroatoms. The number of nitrogens with zero attached hydrogens (tertiary/aromatic N) is 1. The third kappa shape index (κ3) is 6.88. The van der Waals surface area contributed by atoms with Crippen molar-refractivity contribution in [1.82, 2.24) is 5.32 Å². The van der Waals surface area contributed by atoms with E-state index in [1.807, 2.05) is 30.3 Å². The number of methoxy groups -OCH3 is 1. The summed E-state index contributed by atoms with van der Waals surface area (Å²) in [6.45, 7) is 7.46. The van der Waals surface area contributed by atoms with Gasteiger partial charge in [-0.3, -0.25) is 4.79 Å². The molecular formula is C33H35FN2O4S. The molecule has 214 valence electrons. The second kappa shape index (κ2) is 12.3. The lowest BCUT2D eigenvalue weighted by atomic mass is 9.72. The molecule has 0 spiro atoms. The van der Waals surface area contributed by atoms with Gasteiger partial charge in [0.25, 0.3) is 5.91 Å². The van der Waals surface area contributed by atoms with Crippen molar-refractivity contribution in [3.05, 3.63) is 99.6 Å². The lowest BCUT2D eigenvalue weighted by molar-refractivity contribution is 0.0947. The molecule has 0 fully saturated rings. The summed E-state index contributed by atoms with van der Waals surface area (Å²) in [5.41, 5.74) is 3.64. The minimum atomic E-state index is -0.284. The van der Waals surface area contributed by atoms with Crippen molar-refractivity contribution in [2.75, 3.05) is 7.11 Å². The van der Waals surface area contributed by atoms with E-state index >= 15 is 0 Å². The molecule has 1 amide bonds. The van der Waals surface area contributed by atoms with Crippen LogP contribution >= 0.6 is 11.3 Å². The summed E-state index contributed by atoms with van der Waals surface area (Å²) >= 11 is 1.61. The molecule has 6 nitrogen and oxygen atoms in total. The number of fused-ring (bicyclic) bond motifs is 1. The van der Waals surface area contributed by atoms with E-state index in [0.717, 1.165) is 36.0 Å². The largest absolute Gasteiger partial charge is 0.493 e. The molecule has 0 bridgehead atoms. The van der Waals surface area contributed by atoms with Gasteiger partial charge in [-0.1, -0.05) is 32.9 Å². The number of amides is 1. The molecule has 1 N–H and O–H groups in total. The molecule has 1 aliphatic rings. The van der Waals surface area contributed by atoms with E-state index in [1.165, 1.54) is 17.0 Å². The lowest BCUT2D eigenvalue weighted by Gasteiger charge is -2.33. The summed E-state index contributed by atoms with van der Waals surface area (Å²) in [5.74, 6) is 1.97. The summed E-state index contributed by atoms with van der Waals surface area (Å²) < 4.78 is 30.1. The topological polar surface area (TPSA) is 73.1 Å². The van der Waals surface area contributed by atoms with E-state index < -0.39 is 0 Å². The zero-order valence-electron chi connectivity index (χ0n) is 23.8. The average Bonchev–Trinajstić information content (AvgIpc) is 3.61. The maximum atomic E-state index is 13.5. The summed E-state index contributed by atoms with van der Waals surface area (Å²) in [5, 5.41) is 3.72. The number of furan rings is 1. The van der Waals surface area contributed by atoms with Crippen LogP contribution in [0.1, 0.15) is 64.9 Å². The molecule has 2 aromatic heterocycles. The van der Waals surface area contributed by atoms with Crippen LogP contribution in [0.3, 0.4) is 0 Å². The molecule has 2 aromatic carbocycles. The minimum Gasteiger partial charge on any atom is -0.493 e. The summed E-state index contributed by atoms with van der Waals surface area (Å²) in [6, 6.07) is 15.4. The van der Waals surface area contributed by atoms with Crippen LogP contribution in [0.4, 0.5) is 9.39 Å². The zero-order valence-corrected chi connectivity index (χ0v) is 24.6. The van der Waals surface area contributed by atoms with Gasteiger partial charge in [0.15, 0.2) is 11.5 Å². The molecule has 5 rings (SSSR count). The number of rotatable bonds is 9. The quantitative estimate of drug-likeness (QED) is 0.206. The zero-order chi connectivity index (χ0) is 29.0. The van der Waals surface area contributed by atoms with Gasteiger partial charge >= 0.3 is 0 Å². The van der Waals surface area contributed by atoms with Gasteiger partial charge in [0.1, 0.15) is 23.2 Å². The molecule has 41 heavy (non-hydrogen) atoms. The Labute approximate surface area is 244 Å². The van der Waals surface area contributed by atoms with Crippen molar-refractivity contribution < 1.29 is 23.1 Å². The number of hydrogen-bond acceptors (Lipinski definition) is 6. The maximum Gasteiger partial charge on any atom is 0.255 e. The molecule has 0 saturated heterocycles. The van der Waals surface area contributed by atoms with Gasteiger partial charge in [-0.2, -0.15) is 0 Å². The van der Waals surface area contributed by atoms with E-state index in [9.17, 15) is 9.18 Å². The number of nitrogens with one attached hydrogen (secondary N) is 1. The molecule has 1 atom stereocenters. The molecule has 0 aliphatic heterocycles. The second-order valence-electron chi connectivity index (χ2n) is 11.3. The normalized spacial score (nSPS) is 15.1. The summed E-state index contributed by atoms with van der Waals surface area (Å²) in [7, 11) is 1.58. The minimum absolute atomic E-state index is 0.137. The average molecular weight is 575 g/mol. The van der Waals surface area contributed by atoms with Gasteiger partial charge in [-0.15, -0.1) is 11.3 Å². The SMILES string of the molecule is COc1cc(C=Nc2sc3c(c2C(=O)NCc2ccco2)CC[C@H](C(C)(C)C)C3)ccc1OCc1ccc(F)cc1. The van der Waals surface area contributed by atoms with Crippen LogP contribution in [0, 0.1) is 17.2 Å². The van der Waals surface area contributed by atoms with Crippen LogP contribution in [0.15, 0.2) is 70.3 Å². The molecule has 1 aliphatic carbocycles. The summed E-state index contributed by atoms with van der Waals surface area (Å²) in [6.07, 6.45) is 6.22. The van der Waals surface area contributed by atoms with E-state index in [-0.39, 0.29) is 23.7 Å². The van der Waals surface area contributed by atoms with Gasteiger partial charge in [0.05, 0.1) is 25.5 Å². The first-order chi connectivity index (χ1) is 19.7. The van der Waals surface area contributed by atoms with Crippen molar-refractivity contribution in [1.29, 1.82) is 0 Å². The predicted molar refractivity (Wildman–Crippen MR) is 160 cm³/mol. The van der Waals surface area contributed by atoms with Crippen LogP contribution < -0.4 is 14.8 Å². The first-order valence-electron chi connectivity index (χ1n) is 13.8. The van der Waals surface area contributed by atoms with Crippen LogP contribution in [0.2, 0.25) is 0 Å². The number of carbonyl (C=O) groups is 1. The molecule has 0 unspecified atom stereocenters. The monoisotopic (exact) mass is 574 g/mol. The van der Waals surface area contributed by atoms with Crippen LogP contribution in [0.5, 0.6) is 11.5 Å². The number of hydrogen-bond donors (Lipinski definition) is 1. The van der Waals surface area contributed by atoms with Crippen molar-refractivity contribution in [3.8, 4) is 11.5 Å². The number of carbonyl (C=O) groups excluding carboxylic acids is 1. The van der Waals surface area contributed by atoms with Crippen LogP contribution in [0.25, 0.3) is 0 Å². The van der Waals surface area contributed by atoms with Gasteiger partial charge in [0.2, 0.25) is 0 Å². The van der Waals surface area contributed by atoms with Gasteiger partial charge in [-0.05, 0) is 89.8 Å². The van der Waals surface area contributed by atoms with Gasteiger partial charge < -0.3 is 19.2 Å². The molecular weight excluding hydrogens is 539 g/mol. The molecule has 0 radical (unpaired) electrons. The van der Waals surface area contributed by atoms with Gasteiger partial charge in [0, 0.05) is 11.1 Å². The highest BCUT2D eigenvalue weighted by Crippen LogP contribution is 2.45. The number of ether oxygens (including phenoxy) is 2. The second-order valence-corrected chi connectivity index (χ2v) is 12.4. The Morgan fingerprint density at radius 2 is 1.98 bits per heavy atom. The Hall–Kier alpha value is -3.91. The molecule has 4 aromatic rings. The van der Waals surface area contributed by atoms with Crippen molar-refractivity contribution in [2.24, 2.45) is 16.3 Å². The Kier molecular flexibility index (Phi) is 8.59. The van der Waals surface area contributed by atoms with Gasteiger partial charge in [-0.25, -0.2) is 9.38 Å². The number of thiophene rings is 1. The smallest absolute Gasteiger partial charge is 0.255 e. The fraction of sp³-hybridized carbons (Fsp3) is 0.333. The third-order valence-electron chi connectivity index (χ3n) is 7.53. The number of benzene rings is 2. The van der Waals surface area contributed by atoms with Crippen molar-refractivity contribution >= 4 is 28.5 Å². The first kappa shape index (κ1) is 28.6. The fourth-order valence-electron chi connectivity index (χ4n) is 5.06. The Morgan fingerprint density at radius 1 is 1.17 bits per heavy atom. The highest BCUT2D eigenvalue weighted by molar-refractivity contribution is 7.16. The van der Waals surface area contributed by atoms with E-state index in [2.05, 4.69) is 26.1 Å². The Balaban J connectivity index is 1.38. The maximum absolute atomic E-state index is 13.5. The highest BCUT2D eigenvalue weighted by Gasteiger charge is 2.33. The van der Waals surface area contributed by atoms with E-state index in [4.69, 9.17) is 18.9 Å². The standard InChI is InChI=1S/C33H35FN2O4S/c1-33(2,3)23-10-13-26-29(17-23)41-32(30(26)31(37)35-19-25-6-5-15-39-25)36-18-22-9-14-27(28(16-22)38-4)40-20-21-7-11-24(34)12-8-21/h5-9,11-12,14-16,18,23H,10,13,17,19-20H2,1-4H3,(H,35,37)/t23-/m0/s1. The van der Waals surface area contributed by atoms with Crippen LogP contribution in [-0.2, 0) is 26.0 Å². The summed E-state index contributed by atoms with van der Waals surface area (Å²) in [4.78, 5) is 19.5. The predicted octanol–water partition coefficient (Wildman–Crippen LogP) is 7.90. The third-order valence-corrected chi connectivity index (χ3v) is 8.69. The first-order valence-corrected chi connectivity index (χ1v) is 14.6.